The lowest BCUT2D eigenvalue weighted by Crippen LogP contribution is -2.13. The Hall–Kier alpha value is -3.54. The van der Waals surface area contributed by atoms with Crippen molar-refractivity contribution in [2.75, 3.05) is 5.32 Å². The zero-order valence-corrected chi connectivity index (χ0v) is 13.5. The van der Waals surface area contributed by atoms with E-state index in [4.69, 9.17) is 0 Å². The average molecular weight is 329 g/mol. The Morgan fingerprint density at radius 2 is 1.88 bits per heavy atom. The normalized spacial score (nSPS) is 10.8. The van der Waals surface area contributed by atoms with Crippen molar-refractivity contribution in [1.29, 1.82) is 0 Å². The van der Waals surface area contributed by atoms with Gasteiger partial charge < -0.3 is 5.32 Å². The van der Waals surface area contributed by atoms with Crippen molar-refractivity contribution in [2.45, 2.75) is 6.92 Å². The van der Waals surface area contributed by atoms with Gasteiger partial charge in [0.2, 0.25) is 0 Å². The third-order valence-corrected chi connectivity index (χ3v) is 3.96. The number of imidazole rings is 1. The maximum absolute atomic E-state index is 12.6. The fourth-order valence-corrected chi connectivity index (χ4v) is 2.71. The first-order chi connectivity index (χ1) is 12.2. The molecule has 122 valence electrons. The van der Waals surface area contributed by atoms with Crippen molar-refractivity contribution in [1.82, 2.24) is 19.5 Å². The molecule has 1 amide bonds. The number of nitrogens with one attached hydrogen (secondary N) is 1. The molecule has 0 saturated carbocycles. The monoisotopic (exact) mass is 329 g/mol. The van der Waals surface area contributed by atoms with Gasteiger partial charge in [-0.25, -0.2) is 9.97 Å². The molecule has 6 heteroatoms. The van der Waals surface area contributed by atoms with Gasteiger partial charge in [0.15, 0.2) is 0 Å². The van der Waals surface area contributed by atoms with Crippen molar-refractivity contribution in [2.24, 2.45) is 0 Å². The van der Waals surface area contributed by atoms with Crippen LogP contribution in [0.5, 0.6) is 0 Å². The highest BCUT2D eigenvalue weighted by atomic mass is 16.1. The van der Waals surface area contributed by atoms with Gasteiger partial charge in [-0.2, -0.15) is 0 Å². The molecule has 4 rings (SSSR count). The number of benzene rings is 1. The van der Waals surface area contributed by atoms with Crippen LogP contribution in [0.1, 0.15) is 16.2 Å². The zero-order valence-electron chi connectivity index (χ0n) is 13.5. The fourth-order valence-electron chi connectivity index (χ4n) is 2.71. The van der Waals surface area contributed by atoms with E-state index in [0.29, 0.717) is 16.8 Å². The van der Waals surface area contributed by atoms with E-state index in [-0.39, 0.29) is 5.91 Å². The fraction of sp³-hybridized carbons (Fsp3) is 0.0526. The molecule has 0 aliphatic heterocycles. The van der Waals surface area contributed by atoms with E-state index in [1.807, 2.05) is 54.1 Å². The summed E-state index contributed by atoms with van der Waals surface area (Å²) >= 11 is 0. The number of fused-ring (bicyclic) bond motifs is 1. The third kappa shape index (κ3) is 2.85. The largest absolute Gasteiger partial charge is 0.321 e. The number of carbonyl (C=O) groups is 1. The van der Waals surface area contributed by atoms with Crippen LogP contribution in [0, 0.1) is 6.92 Å². The second-order valence-corrected chi connectivity index (χ2v) is 5.58. The highest BCUT2D eigenvalue weighted by molar-refractivity contribution is 6.11. The molecule has 3 heterocycles. The lowest BCUT2D eigenvalue weighted by atomic mass is 10.1. The van der Waals surface area contributed by atoms with Crippen LogP contribution in [0.3, 0.4) is 0 Å². The molecule has 0 saturated heterocycles. The Morgan fingerprint density at radius 3 is 2.64 bits per heavy atom. The standard InChI is InChI=1S/C19H15N5O/c1-13-20-10-11-24(13)17-8-7-15(12-22-17)23-19(25)16-6-2-4-14-5-3-9-21-18(14)16/h2-12H,1H3,(H,23,25). The summed E-state index contributed by atoms with van der Waals surface area (Å²) in [6.07, 6.45) is 6.88. The van der Waals surface area contributed by atoms with E-state index in [9.17, 15) is 4.79 Å². The molecule has 25 heavy (non-hydrogen) atoms. The van der Waals surface area contributed by atoms with Crippen LogP contribution in [-0.2, 0) is 0 Å². The Morgan fingerprint density at radius 1 is 1.00 bits per heavy atom. The summed E-state index contributed by atoms with van der Waals surface area (Å²) in [7, 11) is 0. The predicted molar refractivity (Wildman–Crippen MR) is 95.8 cm³/mol. The van der Waals surface area contributed by atoms with Gasteiger partial charge in [-0.15, -0.1) is 0 Å². The molecule has 0 aliphatic carbocycles. The Balaban J connectivity index is 1.59. The summed E-state index contributed by atoms with van der Waals surface area (Å²) in [6, 6.07) is 13.0. The Kier molecular flexibility index (Phi) is 3.70. The first kappa shape index (κ1) is 15.0. The number of pyridine rings is 2. The van der Waals surface area contributed by atoms with Crippen molar-refractivity contribution in [3.05, 3.63) is 78.6 Å². The van der Waals surface area contributed by atoms with E-state index in [2.05, 4.69) is 20.3 Å². The van der Waals surface area contributed by atoms with Crippen LogP contribution >= 0.6 is 0 Å². The predicted octanol–water partition coefficient (Wildman–Crippen LogP) is 3.38. The summed E-state index contributed by atoms with van der Waals surface area (Å²) in [5, 5.41) is 3.80. The third-order valence-electron chi connectivity index (χ3n) is 3.96. The van der Waals surface area contributed by atoms with Gasteiger partial charge in [0.05, 0.1) is 23.0 Å². The smallest absolute Gasteiger partial charge is 0.257 e. The zero-order chi connectivity index (χ0) is 17.2. The minimum Gasteiger partial charge on any atom is -0.321 e. The molecular formula is C19H15N5O. The van der Waals surface area contributed by atoms with E-state index in [1.165, 1.54) is 0 Å². The average Bonchev–Trinajstić information content (AvgIpc) is 3.08. The maximum Gasteiger partial charge on any atom is 0.257 e. The number of amides is 1. The molecule has 3 aromatic heterocycles. The van der Waals surface area contributed by atoms with Gasteiger partial charge >= 0.3 is 0 Å². The van der Waals surface area contributed by atoms with Crippen LogP contribution in [0.2, 0.25) is 0 Å². The van der Waals surface area contributed by atoms with Crippen molar-refractivity contribution in [3.63, 3.8) is 0 Å². The number of rotatable bonds is 3. The number of anilines is 1. The topological polar surface area (TPSA) is 72.7 Å². The number of hydrogen-bond donors (Lipinski definition) is 1. The second-order valence-electron chi connectivity index (χ2n) is 5.58. The van der Waals surface area contributed by atoms with E-state index >= 15 is 0 Å². The quantitative estimate of drug-likeness (QED) is 0.625. The molecule has 1 aromatic carbocycles. The molecule has 0 fully saturated rings. The number of para-hydroxylation sites is 1. The van der Waals surface area contributed by atoms with Crippen LogP contribution in [-0.4, -0.2) is 25.4 Å². The molecule has 0 radical (unpaired) electrons. The summed E-state index contributed by atoms with van der Waals surface area (Å²) in [4.78, 5) is 25.5. The highest BCUT2D eigenvalue weighted by Gasteiger charge is 2.11. The lowest BCUT2D eigenvalue weighted by molar-refractivity contribution is 0.102. The van der Waals surface area contributed by atoms with Gasteiger partial charge in [0, 0.05) is 24.0 Å². The van der Waals surface area contributed by atoms with E-state index in [0.717, 1.165) is 17.0 Å². The summed E-state index contributed by atoms with van der Waals surface area (Å²) in [6.45, 7) is 1.91. The molecular weight excluding hydrogens is 314 g/mol. The van der Waals surface area contributed by atoms with Gasteiger partial charge in [-0.1, -0.05) is 18.2 Å². The van der Waals surface area contributed by atoms with Gasteiger partial charge in [-0.3, -0.25) is 14.3 Å². The van der Waals surface area contributed by atoms with Gasteiger partial charge in [0.1, 0.15) is 11.6 Å². The van der Waals surface area contributed by atoms with E-state index < -0.39 is 0 Å². The van der Waals surface area contributed by atoms with Crippen molar-refractivity contribution < 1.29 is 4.79 Å². The number of aromatic nitrogens is 4. The molecule has 0 bridgehead atoms. The second kappa shape index (κ2) is 6.16. The number of carbonyl (C=O) groups excluding carboxylic acids is 1. The first-order valence-electron chi connectivity index (χ1n) is 7.84. The SMILES string of the molecule is Cc1nccn1-c1ccc(NC(=O)c2cccc3cccnc23)cn1. The molecule has 0 atom stereocenters. The molecule has 6 nitrogen and oxygen atoms in total. The van der Waals surface area contributed by atoms with Crippen molar-refractivity contribution in [3.8, 4) is 5.82 Å². The number of aryl methyl sites for hydroxylation is 1. The molecule has 1 N–H and O–H groups in total. The van der Waals surface area contributed by atoms with Crippen LogP contribution in [0.4, 0.5) is 5.69 Å². The molecule has 0 spiro atoms. The van der Waals surface area contributed by atoms with E-state index in [1.54, 1.807) is 24.7 Å². The minimum atomic E-state index is -0.210. The number of hydrogen-bond acceptors (Lipinski definition) is 4. The summed E-state index contributed by atoms with van der Waals surface area (Å²) in [5.74, 6) is 1.39. The number of nitrogens with zero attached hydrogens (tertiary/aromatic N) is 4. The Labute approximate surface area is 144 Å². The highest BCUT2D eigenvalue weighted by Crippen LogP contribution is 2.18. The molecule has 4 aromatic rings. The summed E-state index contributed by atoms with van der Waals surface area (Å²) in [5.41, 5.74) is 1.84. The van der Waals surface area contributed by atoms with Crippen LogP contribution < -0.4 is 5.32 Å². The minimum absolute atomic E-state index is 0.210. The van der Waals surface area contributed by atoms with Gasteiger partial charge in [-0.05, 0) is 31.2 Å². The van der Waals surface area contributed by atoms with Crippen LogP contribution in [0.15, 0.2) is 67.3 Å². The maximum atomic E-state index is 12.6. The lowest BCUT2D eigenvalue weighted by Gasteiger charge is -2.08. The van der Waals surface area contributed by atoms with Crippen molar-refractivity contribution >= 4 is 22.5 Å². The molecule has 0 unspecified atom stereocenters. The van der Waals surface area contributed by atoms with Gasteiger partial charge in [0.25, 0.3) is 5.91 Å². The first-order valence-corrected chi connectivity index (χ1v) is 7.84. The molecule has 0 aliphatic rings. The summed E-state index contributed by atoms with van der Waals surface area (Å²) < 4.78 is 1.88. The van der Waals surface area contributed by atoms with Crippen LogP contribution in [0.25, 0.3) is 16.7 Å². The Bertz CT molecular complexity index is 1050.